The molecule has 4 nitrogen and oxygen atoms in total. The maximum atomic E-state index is 12.9. The molecule has 1 aromatic carbocycles. The number of benzene rings is 1. The van der Waals surface area contributed by atoms with Crippen LogP contribution in [0.5, 0.6) is 5.88 Å². The van der Waals surface area contributed by atoms with E-state index < -0.39 is 22.7 Å². The van der Waals surface area contributed by atoms with Gasteiger partial charge in [-0.1, -0.05) is 29.8 Å². The summed E-state index contributed by atoms with van der Waals surface area (Å²) in [6, 6.07) is 7.09. The van der Waals surface area contributed by atoms with Crippen molar-refractivity contribution >= 4 is 17.5 Å². The summed E-state index contributed by atoms with van der Waals surface area (Å²) in [4.78, 5) is 16.5. The Labute approximate surface area is 147 Å². The molecule has 0 saturated carbocycles. The third-order valence-electron chi connectivity index (χ3n) is 3.97. The van der Waals surface area contributed by atoms with Crippen LogP contribution >= 0.6 is 11.6 Å². The first-order valence-electron chi connectivity index (χ1n) is 7.58. The summed E-state index contributed by atoms with van der Waals surface area (Å²) in [6.07, 6.45) is -2.50. The maximum Gasteiger partial charge on any atom is 0.417 e. The number of alkyl halides is 3. The Morgan fingerprint density at radius 2 is 2.12 bits per heavy atom. The zero-order valence-electron chi connectivity index (χ0n) is 12.9. The molecule has 1 aliphatic rings. The predicted molar refractivity (Wildman–Crippen MR) is 85.4 cm³/mol. The molecule has 0 fully saturated rings. The van der Waals surface area contributed by atoms with Crippen molar-refractivity contribution in [2.75, 3.05) is 6.61 Å². The van der Waals surface area contributed by atoms with Gasteiger partial charge in [0.2, 0.25) is 11.8 Å². The second kappa shape index (κ2) is 6.92. The number of carbonyl (C=O) groups excluding carboxylic acids is 1. The molecular formula is C17H14ClF3N2O2. The van der Waals surface area contributed by atoms with Gasteiger partial charge in [0, 0.05) is 18.3 Å². The fraction of sp³-hybridized carbons (Fsp3) is 0.294. The van der Waals surface area contributed by atoms with Gasteiger partial charge in [-0.2, -0.15) is 13.2 Å². The molecule has 1 atom stereocenters. The number of nitrogens with one attached hydrogen (secondary N) is 1. The first-order valence-corrected chi connectivity index (χ1v) is 7.95. The minimum Gasteiger partial charge on any atom is -0.477 e. The molecule has 2 heterocycles. The first-order chi connectivity index (χ1) is 11.9. The van der Waals surface area contributed by atoms with Crippen molar-refractivity contribution in [2.24, 2.45) is 0 Å². The second-order valence-electron chi connectivity index (χ2n) is 5.58. The van der Waals surface area contributed by atoms with Crippen LogP contribution in [0.15, 0.2) is 36.5 Å². The number of carbonyl (C=O) groups is 1. The predicted octanol–water partition coefficient (Wildman–Crippen LogP) is 3.94. The van der Waals surface area contributed by atoms with Crippen LogP contribution in [0.3, 0.4) is 0 Å². The van der Waals surface area contributed by atoms with Crippen LogP contribution in [0.25, 0.3) is 0 Å². The molecule has 0 saturated heterocycles. The largest absolute Gasteiger partial charge is 0.477 e. The summed E-state index contributed by atoms with van der Waals surface area (Å²) in [7, 11) is 0. The van der Waals surface area contributed by atoms with Gasteiger partial charge in [0.25, 0.3) is 0 Å². The quantitative estimate of drug-likeness (QED) is 0.890. The molecule has 1 aliphatic heterocycles. The number of halogens is 4. The number of rotatable bonds is 3. The molecular weight excluding hydrogens is 357 g/mol. The van der Waals surface area contributed by atoms with Gasteiger partial charge in [0.05, 0.1) is 23.1 Å². The zero-order valence-corrected chi connectivity index (χ0v) is 13.7. The standard InChI is InChI=1S/C17H14ClF3N2O2/c18-14-10(3-1-5-13(14)17(19,20)21)9-23-15(24)11-6-8-25-16-12(11)4-2-7-22-16/h1-5,7,11H,6,8-9H2,(H,23,24). The number of fused-ring (bicyclic) bond motifs is 1. The third-order valence-corrected chi connectivity index (χ3v) is 4.42. The van der Waals surface area contributed by atoms with Crippen molar-refractivity contribution in [1.82, 2.24) is 10.3 Å². The number of hydrogen-bond donors (Lipinski definition) is 1. The van der Waals surface area contributed by atoms with Crippen molar-refractivity contribution in [3.63, 3.8) is 0 Å². The lowest BCUT2D eigenvalue weighted by Gasteiger charge is -2.24. The van der Waals surface area contributed by atoms with E-state index in [9.17, 15) is 18.0 Å². The molecule has 0 spiro atoms. The van der Waals surface area contributed by atoms with Crippen LogP contribution in [0.4, 0.5) is 13.2 Å². The topological polar surface area (TPSA) is 51.2 Å². The smallest absolute Gasteiger partial charge is 0.417 e. The van der Waals surface area contributed by atoms with Crippen LogP contribution in [0.1, 0.15) is 29.0 Å². The maximum absolute atomic E-state index is 12.9. The second-order valence-corrected chi connectivity index (χ2v) is 5.96. The summed E-state index contributed by atoms with van der Waals surface area (Å²) < 4.78 is 44.1. The van der Waals surface area contributed by atoms with Gasteiger partial charge >= 0.3 is 6.18 Å². The normalized spacial score (nSPS) is 16.7. The highest BCUT2D eigenvalue weighted by Crippen LogP contribution is 2.36. The molecule has 1 N–H and O–H groups in total. The number of amides is 1. The van der Waals surface area contributed by atoms with E-state index in [1.54, 1.807) is 18.3 Å². The van der Waals surface area contributed by atoms with Crippen molar-refractivity contribution < 1.29 is 22.7 Å². The van der Waals surface area contributed by atoms with E-state index >= 15 is 0 Å². The zero-order chi connectivity index (χ0) is 18.0. The Balaban J connectivity index is 1.74. The van der Waals surface area contributed by atoms with E-state index in [1.807, 2.05) is 0 Å². The summed E-state index contributed by atoms with van der Waals surface area (Å²) in [5.74, 6) is -0.348. The number of pyridine rings is 1. The molecule has 1 amide bonds. The molecule has 25 heavy (non-hydrogen) atoms. The Bertz CT molecular complexity index is 796. The van der Waals surface area contributed by atoms with Gasteiger partial charge in [-0.05, 0) is 24.1 Å². The average molecular weight is 371 g/mol. The van der Waals surface area contributed by atoms with Crippen LogP contribution < -0.4 is 10.1 Å². The van der Waals surface area contributed by atoms with Crippen molar-refractivity contribution in [3.05, 3.63) is 58.2 Å². The van der Waals surface area contributed by atoms with Crippen molar-refractivity contribution in [1.29, 1.82) is 0 Å². The lowest BCUT2D eigenvalue weighted by atomic mass is 9.94. The summed E-state index contributed by atoms with van der Waals surface area (Å²) >= 11 is 5.84. The highest BCUT2D eigenvalue weighted by molar-refractivity contribution is 6.32. The number of nitrogens with zero attached hydrogens (tertiary/aromatic N) is 1. The van der Waals surface area contributed by atoms with Crippen LogP contribution in [-0.4, -0.2) is 17.5 Å². The molecule has 3 rings (SSSR count). The van der Waals surface area contributed by atoms with Gasteiger partial charge < -0.3 is 10.1 Å². The molecule has 1 aromatic heterocycles. The van der Waals surface area contributed by atoms with E-state index in [-0.39, 0.29) is 18.0 Å². The lowest BCUT2D eigenvalue weighted by Crippen LogP contribution is -2.32. The SMILES string of the molecule is O=C(NCc1cccc(C(F)(F)F)c1Cl)C1CCOc2ncccc21. The number of aromatic nitrogens is 1. The van der Waals surface area contributed by atoms with E-state index in [0.29, 0.717) is 24.5 Å². The highest BCUT2D eigenvalue weighted by atomic mass is 35.5. The molecule has 1 unspecified atom stereocenters. The Morgan fingerprint density at radius 3 is 2.88 bits per heavy atom. The van der Waals surface area contributed by atoms with Crippen LogP contribution in [0, 0.1) is 0 Å². The molecule has 0 bridgehead atoms. The highest BCUT2D eigenvalue weighted by Gasteiger charge is 2.34. The van der Waals surface area contributed by atoms with Crippen molar-refractivity contribution in [2.45, 2.75) is 25.1 Å². The molecule has 0 radical (unpaired) electrons. The van der Waals surface area contributed by atoms with Crippen LogP contribution in [0.2, 0.25) is 5.02 Å². The van der Waals surface area contributed by atoms with Crippen LogP contribution in [-0.2, 0) is 17.5 Å². The average Bonchev–Trinajstić information content (AvgIpc) is 2.59. The Kier molecular flexibility index (Phi) is 4.85. The molecule has 8 heteroatoms. The summed E-state index contributed by atoms with van der Waals surface area (Å²) in [5, 5.41) is 2.26. The van der Waals surface area contributed by atoms with Crippen molar-refractivity contribution in [3.8, 4) is 5.88 Å². The third kappa shape index (κ3) is 3.71. The van der Waals surface area contributed by atoms with Gasteiger partial charge in [-0.15, -0.1) is 0 Å². The first kappa shape index (κ1) is 17.5. The lowest BCUT2D eigenvalue weighted by molar-refractivity contribution is -0.137. The monoisotopic (exact) mass is 370 g/mol. The minimum atomic E-state index is -4.54. The fourth-order valence-electron chi connectivity index (χ4n) is 2.73. The van der Waals surface area contributed by atoms with Gasteiger partial charge in [0.15, 0.2) is 0 Å². The van der Waals surface area contributed by atoms with E-state index in [2.05, 4.69) is 10.3 Å². The van der Waals surface area contributed by atoms with E-state index in [0.717, 1.165) is 6.07 Å². The van der Waals surface area contributed by atoms with Gasteiger partial charge in [0.1, 0.15) is 0 Å². The molecule has 132 valence electrons. The molecule has 2 aromatic rings. The number of ether oxygens (including phenoxy) is 1. The minimum absolute atomic E-state index is 0.0888. The van der Waals surface area contributed by atoms with E-state index in [4.69, 9.17) is 16.3 Å². The Morgan fingerprint density at radius 1 is 1.32 bits per heavy atom. The van der Waals surface area contributed by atoms with Gasteiger partial charge in [-0.25, -0.2) is 4.98 Å². The number of hydrogen-bond acceptors (Lipinski definition) is 3. The fourth-order valence-corrected chi connectivity index (χ4v) is 3.03. The van der Waals surface area contributed by atoms with Gasteiger partial charge in [-0.3, -0.25) is 4.79 Å². The summed E-state index contributed by atoms with van der Waals surface area (Å²) in [5.41, 5.74) is -0.0359. The summed E-state index contributed by atoms with van der Waals surface area (Å²) in [6.45, 7) is 0.265. The van der Waals surface area contributed by atoms with E-state index in [1.165, 1.54) is 12.1 Å². The Hall–Kier alpha value is -2.28. The molecule has 0 aliphatic carbocycles.